The molecule has 2 saturated heterocycles. The predicted molar refractivity (Wildman–Crippen MR) is 163 cm³/mol. The van der Waals surface area contributed by atoms with Gasteiger partial charge in [0.05, 0.1) is 23.9 Å². The van der Waals surface area contributed by atoms with Gasteiger partial charge in [0.2, 0.25) is 0 Å². The first-order valence-corrected chi connectivity index (χ1v) is 15.2. The summed E-state index contributed by atoms with van der Waals surface area (Å²) in [7, 11) is 1.72. The molecule has 3 amide bonds. The van der Waals surface area contributed by atoms with E-state index < -0.39 is 0 Å². The number of pyridine rings is 1. The monoisotopic (exact) mass is 583 g/mol. The molecule has 1 aromatic carbocycles. The Bertz CT molecular complexity index is 1180. The minimum atomic E-state index is -0.114. The summed E-state index contributed by atoms with van der Waals surface area (Å²) < 4.78 is 5.43. The van der Waals surface area contributed by atoms with Crippen molar-refractivity contribution in [2.45, 2.75) is 72.0 Å². The van der Waals surface area contributed by atoms with E-state index in [2.05, 4.69) is 65.1 Å². The van der Waals surface area contributed by atoms with Gasteiger partial charge < -0.3 is 24.8 Å². The summed E-state index contributed by atoms with van der Waals surface area (Å²) >= 11 is 6.02. The van der Waals surface area contributed by atoms with Crippen LogP contribution in [0.25, 0.3) is 0 Å². The van der Waals surface area contributed by atoms with Crippen LogP contribution >= 0.6 is 11.6 Å². The Balaban J connectivity index is 1.34. The van der Waals surface area contributed by atoms with Gasteiger partial charge in [-0.1, -0.05) is 55.8 Å². The number of benzene rings is 1. The van der Waals surface area contributed by atoms with Gasteiger partial charge in [-0.05, 0) is 57.2 Å². The van der Waals surface area contributed by atoms with Crippen LogP contribution in [0.3, 0.4) is 0 Å². The molecule has 0 spiro atoms. The number of carbonyl (C=O) groups is 2. The third kappa shape index (κ3) is 7.59. The predicted octanol–water partition coefficient (Wildman–Crippen LogP) is 5.48. The number of halogens is 1. The molecule has 3 heterocycles. The summed E-state index contributed by atoms with van der Waals surface area (Å²) in [6, 6.07) is 12.9. The normalized spacial score (nSPS) is 19.6. The second kappa shape index (κ2) is 13.5. The highest BCUT2D eigenvalue weighted by atomic mass is 35.5. The van der Waals surface area contributed by atoms with Crippen molar-refractivity contribution in [1.29, 1.82) is 0 Å². The van der Waals surface area contributed by atoms with Gasteiger partial charge in [0, 0.05) is 57.3 Å². The first kappa shape index (κ1) is 31.3. The number of nitrogens with one attached hydrogen (secondary N) is 1. The molecule has 1 N–H and O–H groups in total. The maximum absolute atomic E-state index is 13.8. The molecule has 9 heteroatoms. The molecule has 2 unspecified atom stereocenters. The van der Waals surface area contributed by atoms with Crippen molar-refractivity contribution in [2.24, 2.45) is 5.41 Å². The summed E-state index contributed by atoms with van der Waals surface area (Å²) in [6.07, 6.45) is 2.74. The second-order valence-corrected chi connectivity index (χ2v) is 12.9. The zero-order chi connectivity index (χ0) is 29.7. The van der Waals surface area contributed by atoms with Crippen LogP contribution in [0, 0.1) is 19.3 Å². The van der Waals surface area contributed by atoms with E-state index in [0.717, 1.165) is 37.9 Å². The van der Waals surface area contributed by atoms with Gasteiger partial charge in [-0.2, -0.15) is 0 Å². The highest BCUT2D eigenvalue weighted by Gasteiger charge is 2.44. The highest BCUT2D eigenvalue weighted by molar-refractivity contribution is 6.29. The molecule has 0 bridgehead atoms. The number of aromatic nitrogens is 1. The lowest BCUT2D eigenvalue weighted by molar-refractivity contribution is 0.0770. The molecule has 0 saturated carbocycles. The summed E-state index contributed by atoms with van der Waals surface area (Å²) in [6.45, 7) is 14.7. The van der Waals surface area contributed by atoms with E-state index in [1.54, 1.807) is 13.2 Å². The SMILES string of the molecule is COCC(C)(C)CN1CC(c2ccccc2)N(C2CCN(C(C)CCNC(=O)c3c(C)cc(Cl)nc3C)CC2)C1=O. The van der Waals surface area contributed by atoms with E-state index in [1.165, 1.54) is 5.56 Å². The Kier molecular flexibility index (Phi) is 10.3. The Morgan fingerprint density at radius 3 is 2.51 bits per heavy atom. The lowest BCUT2D eigenvalue weighted by Gasteiger charge is -2.41. The number of rotatable bonds is 11. The van der Waals surface area contributed by atoms with Crippen molar-refractivity contribution in [1.82, 2.24) is 25.0 Å². The van der Waals surface area contributed by atoms with E-state index in [-0.39, 0.29) is 29.4 Å². The quantitative estimate of drug-likeness (QED) is 0.355. The Morgan fingerprint density at radius 2 is 1.88 bits per heavy atom. The largest absolute Gasteiger partial charge is 0.384 e. The third-order valence-electron chi connectivity index (χ3n) is 8.52. The maximum Gasteiger partial charge on any atom is 0.320 e. The van der Waals surface area contributed by atoms with Gasteiger partial charge in [0.25, 0.3) is 5.91 Å². The van der Waals surface area contributed by atoms with Crippen molar-refractivity contribution < 1.29 is 14.3 Å². The molecule has 2 fully saturated rings. The molecule has 0 aliphatic carbocycles. The fourth-order valence-electron chi connectivity index (χ4n) is 6.51. The maximum atomic E-state index is 13.8. The molecule has 2 aliphatic heterocycles. The minimum absolute atomic E-state index is 0.0560. The molecule has 0 radical (unpaired) electrons. The average Bonchev–Trinajstić information content (AvgIpc) is 3.23. The molecular formula is C32H46ClN5O3. The molecule has 41 heavy (non-hydrogen) atoms. The molecule has 2 aromatic rings. The Morgan fingerprint density at radius 1 is 1.20 bits per heavy atom. The lowest BCUT2D eigenvalue weighted by Crippen LogP contribution is -2.50. The van der Waals surface area contributed by atoms with Gasteiger partial charge in [-0.15, -0.1) is 0 Å². The van der Waals surface area contributed by atoms with Crippen molar-refractivity contribution >= 4 is 23.5 Å². The van der Waals surface area contributed by atoms with E-state index >= 15 is 0 Å². The van der Waals surface area contributed by atoms with Crippen LogP contribution in [-0.4, -0.2) is 90.1 Å². The lowest BCUT2D eigenvalue weighted by atomic mass is 9.94. The van der Waals surface area contributed by atoms with Crippen LogP contribution in [0.15, 0.2) is 36.4 Å². The second-order valence-electron chi connectivity index (χ2n) is 12.5. The molecule has 2 aliphatic rings. The average molecular weight is 584 g/mol. The van der Waals surface area contributed by atoms with Crippen LogP contribution in [0.5, 0.6) is 0 Å². The summed E-state index contributed by atoms with van der Waals surface area (Å²) in [5, 5.41) is 3.47. The van der Waals surface area contributed by atoms with Crippen LogP contribution in [0.2, 0.25) is 5.15 Å². The molecule has 1 aromatic heterocycles. The number of hydrogen-bond donors (Lipinski definition) is 1. The van der Waals surface area contributed by atoms with Crippen LogP contribution in [0.1, 0.15) is 73.3 Å². The van der Waals surface area contributed by atoms with Gasteiger partial charge in [0.15, 0.2) is 0 Å². The fraction of sp³-hybridized carbons (Fsp3) is 0.594. The van der Waals surface area contributed by atoms with Crippen LogP contribution in [-0.2, 0) is 4.74 Å². The minimum Gasteiger partial charge on any atom is -0.384 e. The number of piperidine rings is 1. The van der Waals surface area contributed by atoms with Gasteiger partial charge in [-0.3, -0.25) is 4.79 Å². The van der Waals surface area contributed by atoms with Crippen molar-refractivity contribution in [3.05, 3.63) is 63.9 Å². The number of likely N-dealkylation sites (tertiary alicyclic amines) is 1. The number of methoxy groups -OCH3 is 1. The first-order valence-electron chi connectivity index (χ1n) is 14.8. The van der Waals surface area contributed by atoms with Gasteiger partial charge >= 0.3 is 6.03 Å². The van der Waals surface area contributed by atoms with E-state index in [4.69, 9.17) is 16.3 Å². The van der Waals surface area contributed by atoms with Gasteiger partial charge in [-0.25, -0.2) is 9.78 Å². The van der Waals surface area contributed by atoms with Gasteiger partial charge in [0.1, 0.15) is 5.15 Å². The zero-order valence-electron chi connectivity index (χ0n) is 25.5. The van der Waals surface area contributed by atoms with E-state index in [0.29, 0.717) is 48.7 Å². The standard InChI is InChI=1S/C32H46ClN5O3/c1-22-18-28(33)35-24(3)29(22)30(39)34-15-12-23(2)36-16-13-26(14-17-36)38-27(25-10-8-7-9-11-25)19-37(31(38)40)20-32(4,5)21-41-6/h7-11,18,23,26-27H,12-17,19-21H2,1-6H3,(H,34,39). The topological polar surface area (TPSA) is 78.0 Å². The number of amides is 3. The van der Waals surface area contributed by atoms with Crippen molar-refractivity contribution in [2.75, 3.05) is 46.4 Å². The number of nitrogens with zero attached hydrogens (tertiary/aromatic N) is 4. The number of carbonyl (C=O) groups excluding carboxylic acids is 2. The smallest absolute Gasteiger partial charge is 0.320 e. The molecule has 2 atom stereocenters. The Labute approximate surface area is 250 Å². The Hall–Kier alpha value is -2.68. The van der Waals surface area contributed by atoms with E-state index in [9.17, 15) is 9.59 Å². The van der Waals surface area contributed by atoms with E-state index in [1.807, 2.05) is 24.8 Å². The van der Waals surface area contributed by atoms with Crippen LogP contribution in [0.4, 0.5) is 4.79 Å². The number of ether oxygens (including phenoxy) is 1. The molecule has 4 rings (SSSR count). The summed E-state index contributed by atoms with van der Waals surface area (Å²) in [5.74, 6) is -0.104. The summed E-state index contributed by atoms with van der Waals surface area (Å²) in [5.41, 5.74) is 3.17. The highest BCUT2D eigenvalue weighted by Crippen LogP contribution is 2.36. The molecular weight excluding hydrogens is 538 g/mol. The summed E-state index contributed by atoms with van der Waals surface area (Å²) in [4.78, 5) is 37.5. The molecule has 224 valence electrons. The van der Waals surface area contributed by atoms with Crippen LogP contribution < -0.4 is 5.32 Å². The van der Waals surface area contributed by atoms with Crippen molar-refractivity contribution in [3.8, 4) is 0 Å². The van der Waals surface area contributed by atoms with Crippen molar-refractivity contribution in [3.63, 3.8) is 0 Å². The fourth-order valence-corrected chi connectivity index (χ4v) is 6.80. The number of hydrogen-bond acceptors (Lipinski definition) is 5. The zero-order valence-corrected chi connectivity index (χ0v) is 26.2. The number of urea groups is 1. The third-order valence-corrected chi connectivity index (χ3v) is 8.71. The number of aryl methyl sites for hydroxylation is 2. The first-order chi connectivity index (χ1) is 19.5. The molecule has 8 nitrogen and oxygen atoms in total.